The van der Waals surface area contributed by atoms with E-state index >= 15 is 0 Å². The van der Waals surface area contributed by atoms with E-state index in [9.17, 15) is 20.1 Å². The minimum Gasteiger partial charge on any atom is -0.394 e. The Labute approximate surface area is 134 Å². The van der Waals surface area contributed by atoms with Crippen molar-refractivity contribution in [3.63, 3.8) is 0 Å². The van der Waals surface area contributed by atoms with Crippen LogP contribution in [0.25, 0.3) is 16.7 Å². The summed E-state index contributed by atoms with van der Waals surface area (Å²) in [5, 5.41) is 29.8. The van der Waals surface area contributed by atoms with Crippen LogP contribution in [0.5, 0.6) is 0 Å². The van der Waals surface area contributed by atoms with Crippen LogP contribution in [-0.4, -0.2) is 65.1 Å². The molecule has 4 rings (SSSR count). The highest BCUT2D eigenvalue weighted by molar-refractivity contribution is 6.10. The molecule has 1 amide bonds. The minimum absolute atomic E-state index is 0.173. The van der Waals surface area contributed by atoms with Gasteiger partial charge in [0.25, 0.3) is 5.91 Å². The van der Waals surface area contributed by atoms with Crippen LogP contribution >= 0.6 is 0 Å². The zero-order valence-electron chi connectivity index (χ0n) is 12.4. The summed E-state index contributed by atoms with van der Waals surface area (Å²) in [4.78, 5) is 20.3. The number of primary amides is 1. The Hall–Kier alpha value is -2.53. The molecule has 3 aromatic rings. The number of nitrogens with zero attached hydrogens (tertiary/aromatic N) is 4. The molecule has 0 radical (unpaired) electrons. The first-order valence-electron chi connectivity index (χ1n) is 7.27. The molecule has 0 aliphatic carbocycles. The van der Waals surface area contributed by atoms with Crippen LogP contribution in [0.15, 0.2) is 24.9 Å². The van der Waals surface area contributed by atoms with Crippen LogP contribution in [0.3, 0.4) is 0 Å². The predicted molar refractivity (Wildman–Crippen MR) is 80.0 cm³/mol. The Balaban J connectivity index is 1.95. The minimum atomic E-state index is -1.30. The first-order valence-corrected chi connectivity index (χ1v) is 7.27. The second-order valence-electron chi connectivity index (χ2n) is 5.64. The fourth-order valence-corrected chi connectivity index (χ4v) is 3.07. The molecule has 10 heteroatoms. The molecule has 0 saturated carbocycles. The number of imidazole rings is 1. The highest BCUT2D eigenvalue weighted by Gasteiger charge is 2.44. The lowest BCUT2D eigenvalue weighted by molar-refractivity contribution is -0.0508. The largest absolute Gasteiger partial charge is 0.394 e. The molecular weight excluding hydrogens is 318 g/mol. The normalized spacial score (nSPS) is 27.3. The van der Waals surface area contributed by atoms with Gasteiger partial charge in [0.15, 0.2) is 6.23 Å². The number of hydrogen-bond acceptors (Lipinski definition) is 7. The number of carbonyl (C=O) groups excluding carboxylic acids is 1. The van der Waals surface area contributed by atoms with Gasteiger partial charge in [-0.1, -0.05) is 0 Å². The Morgan fingerprint density at radius 1 is 1.29 bits per heavy atom. The van der Waals surface area contributed by atoms with Gasteiger partial charge in [-0.3, -0.25) is 9.20 Å². The second kappa shape index (κ2) is 5.24. The van der Waals surface area contributed by atoms with Crippen LogP contribution in [0.4, 0.5) is 0 Å². The molecule has 10 nitrogen and oxygen atoms in total. The molecule has 3 aromatic heterocycles. The standard InChI is InChI=1S/C14H15N5O5/c15-11(23)6-3-19(14-10(22)9(21)7(4-20)24-14)13-8(6)12-16-1-2-18(12)5-17-13/h1-3,5,7,9-10,14,20-22H,4H2,(H2,15,23)/t7-,9+,10+,14-/m0/s1. The van der Waals surface area contributed by atoms with E-state index in [2.05, 4.69) is 9.97 Å². The molecule has 1 saturated heterocycles. The molecule has 5 N–H and O–H groups in total. The number of ether oxygens (including phenoxy) is 1. The molecule has 1 fully saturated rings. The van der Waals surface area contributed by atoms with Gasteiger partial charge in [-0.15, -0.1) is 0 Å². The topological polar surface area (TPSA) is 148 Å². The van der Waals surface area contributed by atoms with Crippen LogP contribution in [0, 0.1) is 0 Å². The Morgan fingerprint density at radius 3 is 2.75 bits per heavy atom. The van der Waals surface area contributed by atoms with Gasteiger partial charge in [0.2, 0.25) is 0 Å². The van der Waals surface area contributed by atoms with Crippen molar-refractivity contribution < 1.29 is 24.9 Å². The summed E-state index contributed by atoms with van der Waals surface area (Å²) in [5.74, 6) is -0.677. The molecule has 1 aliphatic rings. The van der Waals surface area contributed by atoms with Crippen LogP contribution in [-0.2, 0) is 4.74 Å². The fraction of sp³-hybridized carbons (Fsp3) is 0.357. The lowest BCUT2D eigenvalue weighted by atomic mass is 10.1. The number of aliphatic hydroxyl groups is 3. The van der Waals surface area contributed by atoms with Gasteiger partial charge in [0.05, 0.1) is 17.6 Å². The molecule has 0 aromatic carbocycles. The highest BCUT2D eigenvalue weighted by atomic mass is 16.6. The Morgan fingerprint density at radius 2 is 2.08 bits per heavy atom. The summed E-state index contributed by atoms with van der Waals surface area (Å²) in [5.41, 5.74) is 6.45. The molecule has 4 heterocycles. The van der Waals surface area contributed by atoms with E-state index < -0.39 is 37.1 Å². The summed E-state index contributed by atoms with van der Waals surface area (Å²) < 4.78 is 8.57. The van der Waals surface area contributed by atoms with E-state index in [1.54, 1.807) is 16.8 Å². The zero-order valence-corrected chi connectivity index (χ0v) is 12.4. The molecule has 4 atom stereocenters. The van der Waals surface area contributed by atoms with Crippen LogP contribution in [0.1, 0.15) is 16.6 Å². The number of aromatic nitrogens is 4. The zero-order chi connectivity index (χ0) is 17.0. The Bertz CT molecular complexity index is 934. The average Bonchev–Trinajstić information content (AvgIpc) is 3.24. The lowest BCUT2D eigenvalue weighted by Crippen LogP contribution is -2.33. The van der Waals surface area contributed by atoms with Gasteiger partial charge in [-0.25, -0.2) is 9.97 Å². The maximum atomic E-state index is 11.8. The number of fused-ring (bicyclic) bond motifs is 3. The van der Waals surface area contributed by atoms with E-state index in [1.807, 2.05) is 0 Å². The lowest BCUT2D eigenvalue weighted by Gasteiger charge is -2.17. The van der Waals surface area contributed by atoms with Crippen LogP contribution < -0.4 is 5.73 Å². The smallest absolute Gasteiger partial charge is 0.251 e. The maximum absolute atomic E-state index is 11.8. The highest BCUT2D eigenvalue weighted by Crippen LogP contribution is 2.34. The van der Waals surface area contributed by atoms with E-state index in [0.717, 1.165) is 0 Å². The quantitative estimate of drug-likeness (QED) is 0.451. The van der Waals surface area contributed by atoms with Gasteiger partial charge in [0.1, 0.15) is 35.9 Å². The van der Waals surface area contributed by atoms with E-state index in [-0.39, 0.29) is 5.56 Å². The first kappa shape index (κ1) is 15.0. The third kappa shape index (κ3) is 1.94. The van der Waals surface area contributed by atoms with Gasteiger partial charge in [-0.2, -0.15) is 0 Å². The van der Waals surface area contributed by atoms with Crippen molar-refractivity contribution in [1.82, 2.24) is 18.9 Å². The first-order chi connectivity index (χ1) is 11.5. The third-order valence-corrected chi connectivity index (χ3v) is 4.26. The van der Waals surface area contributed by atoms with Gasteiger partial charge >= 0.3 is 0 Å². The van der Waals surface area contributed by atoms with Crippen molar-refractivity contribution in [2.24, 2.45) is 5.73 Å². The molecule has 0 unspecified atom stereocenters. The summed E-state index contributed by atoms with van der Waals surface area (Å²) in [7, 11) is 0. The van der Waals surface area contributed by atoms with Crippen molar-refractivity contribution in [2.75, 3.05) is 6.61 Å². The number of amides is 1. The van der Waals surface area contributed by atoms with E-state index in [1.165, 1.54) is 17.1 Å². The molecule has 24 heavy (non-hydrogen) atoms. The monoisotopic (exact) mass is 333 g/mol. The van der Waals surface area contributed by atoms with Crippen molar-refractivity contribution in [2.45, 2.75) is 24.5 Å². The number of rotatable bonds is 3. The predicted octanol–water partition coefficient (Wildman–Crippen LogP) is -1.61. The average molecular weight is 333 g/mol. The Kier molecular flexibility index (Phi) is 3.28. The number of nitrogens with two attached hydrogens (primary N) is 1. The van der Waals surface area contributed by atoms with Crippen molar-refractivity contribution in [3.8, 4) is 0 Å². The third-order valence-electron chi connectivity index (χ3n) is 4.26. The van der Waals surface area contributed by atoms with Crippen molar-refractivity contribution >= 4 is 22.6 Å². The maximum Gasteiger partial charge on any atom is 0.251 e. The summed E-state index contributed by atoms with van der Waals surface area (Å²) >= 11 is 0. The second-order valence-corrected chi connectivity index (χ2v) is 5.64. The van der Waals surface area contributed by atoms with Crippen LogP contribution in [0.2, 0.25) is 0 Å². The molecular formula is C14H15N5O5. The van der Waals surface area contributed by atoms with Gasteiger partial charge in [-0.05, 0) is 0 Å². The number of aliphatic hydroxyl groups excluding tert-OH is 3. The number of hydrogen-bond donors (Lipinski definition) is 4. The van der Waals surface area contributed by atoms with E-state index in [4.69, 9.17) is 10.5 Å². The van der Waals surface area contributed by atoms with Gasteiger partial charge < -0.3 is 30.4 Å². The van der Waals surface area contributed by atoms with E-state index in [0.29, 0.717) is 16.7 Å². The molecule has 0 spiro atoms. The number of carbonyl (C=O) groups is 1. The van der Waals surface area contributed by atoms with Gasteiger partial charge in [0, 0.05) is 18.6 Å². The van der Waals surface area contributed by atoms with Crippen molar-refractivity contribution in [3.05, 3.63) is 30.5 Å². The fourth-order valence-electron chi connectivity index (χ4n) is 3.07. The molecule has 1 aliphatic heterocycles. The summed E-state index contributed by atoms with van der Waals surface area (Å²) in [6.07, 6.45) is 1.65. The molecule has 126 valence electrons. The SMILES string of the molecule is NC(=O)c1cn([C@H]2O[C@@H](CO)[C@@H](O)[C@H]2O)c2ncn3ccnc3c12. The summed E-state index contributed by atoms with van der Waals surface area (Å²) in [6.45, 7) is -0.450. The molecule has 0 bridgehead atoms. The van der Waals surface area contributed by atoms with Crippen molar-refractivity contribution in [1.29, 1.82) is 0 Å². The summed E-state index contributed by atoms with van der Waals surface area (Å²) in [6, 6.07) is 0.